The minimum Gasteiger partial charge on any atom is -0.454 e. The van der Waals surface area contributed by atoms with Crippen LogP contribution in [0.3, 0.4) is 0 Å². The number of benzene rings is 2. The Morgan fingerprint density at radius 3 is 2.73 bits per heavy atom. The lowest BCUT2D eigenvalue weighted by Gasteiger charge is -2.07. The number of nitrogens with zero attached hydrogens (tertiary/aromatic N) is 1. The highest BCUT2D eigenvalue weighted by atomic mass is 16.7. The summed E-state index contributed by atoms with van der Waals surface area (Å²) < 4.78 is 13.0. The first-order valence-corrected chi connectivity index (χ1v) is 8.84. The zero-order valence-corrected chi connectivity index (χ0v) is 15.3. The molecule has 1 aliphatic heterocycles. The largest absolute Gasteiger partial charge is 0.454 e. The van der Waals surface area contributed by atoms with Crippen LogP contribution >= 0.6 is 0 Å². The molecule has 0 spiro atoms. The van der Waals surface area contributed by atoms with Gasteiger partial charge in [-0.1, -0.05) is 6.07 Å². The van der Waals surface area contributed by atoms with Gasteiger partial charge in [0.25, 0.3) is 5.91 Å². The van der Waals surface area contributed by atoms with Crippen LogP contribution in [0.25, 0.3) is 10.9 Å². The van der Waals surface area contributed by atoms with Crippen LogP contribution in [0.4, 0.5) is 0 Å². The molecule has 0 radical (unpaired) electrons. The molecule has 26 heavy (non-hydrogen) atoms. The lowest BCUT2D eigenvalue weighted by Crippen LogP contribution is -2.22. The molecule has 3 aromatic rings. The fraction of sp³-hybridized carbons (Fsp3) is 0.286. The number of fused-ring (bicyclic) bond motifs is 2. The molecule has 5 heteroatoms. The van der Waals surface area contributed by atoms with Gasteiger partial charge in [0.15, 0.2) is 11.5 Å². The molecule has 1 amide bonds. The number of carbonyl (C=O) groups is 1. The number of aromatic nitrogens is 1. The third kappa shape index (κ3) is 2.69. The molecule has 134 valence electrons. The monoisotopic (exact) mass is 350 g/mol. The molecule has 0 fully saturated rings. The van der Waals surface area contributed by atoms with Crippen LogP contribution in [-0.4, -0.2) is 17.3 Å². The summed E-state index contributed by atoms with van der Waals surface area (Å²) in [5.41, 5.74) is 5.31. The predicted molar refractivity (Wildman–Crippen MR) is 101 cm³/mol. The van der Waals surface area contributed by atoms with E-state index in [1.54, 1.807) is 0 Å². The molecule has 2 aromatic carbocycles. The van der Waals surface area contributed by atoms with Gasteiger partial charge in [0.05, 0.1) is 0 Å². The fourth-order valence-corrected chi connectivity index (χ4v) is 3.53. The summed E-state index contributed by atoms with van der Waals surface area (Å²) in [6.45, 7) is 7.99. The Kier molecular flexibility index (Phi) is 4.07. The van der Waals surface area contributed by atoms with E-state index in [-0.39, 0.29) is 12.7 Å². The van der Waals surface area contributed by atoms with Crippen molar-refractivity contribution in [3.05, 3.63) is 58.8 Å². The molecule has 0 saturated carbocycles. The summed E-state index contributed by atoms with van der Waals surface area (Å²) in [4.78, 5) is 12.6. The first-order chi connectivity index (χ1) is 12.6. The summed E-state index contributed by atoms with van der Waals surface area (Å²) in [6, 6.07) is 11.6. The van der Waals surface area contributed by atoms with E-state index < -0.39 is 0 Å². The number of hydrogen-bond acceptors (Lipinski definition) is 3. The summed E-state index contributed by atoms with van der Waals surface area (Å²) in [5, 5.41) is 4.12. The molecular formula is C21H22N2O3. The molecule has 2 heterocycles. The van der Waals surface area contributed by atoms with Gasteiger partial charge in [-0.15, -0.1) is 0 Å². The zero-order chi connectivity index (χ0) is 18.3. The molecule has 4 rings (SSSR count). The summed E-state index contributed by atoms with van der Waals surface area (Å²) in [6.07, 6.45) is 0. The normalized spacial score (nSPS) is 12.6. The smallest absolute Gasteiger partial charge is 0.251 e. The average Bonchev–Trinajstić information content (AvgIpc) is 3.22. The maximum Gasteiger partial charge on any atom is 0.251 e. The second-order valence-corrected chi connectivity index (χ2v) is 6.56. The first kappa shape index (κ1) is 16.5. The molecule has 0 aliphatic carbocycles. The van der Waals surface area contributed by atoms with Gasteiger partial charge in [0, 0.05) is 35.2 Å². The fourth-order valence-electron chi connectivity index (χ4n) is 3.53. The molecule has 5 nitrogen and oxygen atoms in total. The van der Waals surface area contributed by atoms with Crippen molar-refractivity contribution in [3.8, 4) is 11.5 Å². The maximum atomic E-state index is 12.6. The van der Waals surface area contributed by atoms with Gasteiger partial charge in [0.2, 0.25) is 6.79 Å². The second kappa shape index (κ2) is 6.41. The van der Waals surface area contributed by atoms with E-state index in [0.717, 1.165) is 29.0 Å². The van der Waals surface area contributed by atoms with Crippen LogP contribution in [0.15, 0.2) is 36.4 Å². The van der Waals surface area contributed by atoms with Crippen molar-refractivity contribution in [3.63, 3.8) is 0 Å². The first-order valence-electron chi connectivity index (χ1n) is 8.84. The molecule has 0 unspecified atom stereocenters. The Morgan fingerprint density at radius 2 is 1.92 bits per heavy atom. The van der Waals surface area contributed by atoms with E-state index in [1.165, 1.54) is 16.8 Å². The number of carbonyl (C=O) groups excluding carboxylic acids is 1. The van der Waals surface area contributed by atoms with E-state index in [0.29, 0.717) is 12.1 Å². The van der Waals surface area contributed by atoms with Crippen molar-refractivity contribution < 1.29 is 14.3 Å². The minimum atomic E-state index is -0.0779. The van der Waals surface area contributed by atoms with Gasteiger partial charge in [-0.25, -0.2) is 0 Å². The summed E-state index contributed by atoms with van der Waals surface area (Å²) in [5.74, 6) is 1.40. The van der Waals surface area contributed by atoms with Gasteiger partial charge >= 0.3 is 0 Å². The Morgan fingerprint density at radius 1 is 1.12 bits per heavy atom. The number of rotatable bonds is 4. The van der Waals surface area contributed by atoms with Crippen molar-refractivity contribution in [2.75, 3.05) is 6.79 Å². The van der Waals surface area contributed by atoms with Crippen LogP contribution in [0, 0.1) is 13.8 Å². The summed E-state index contributed by atoms with van der Waals surface area (Å²) in [7, 11) is 0. The molecule has 0 atom stereocenters. The SMILES string of the molecule is CCn1c(C)c(C)c2cc(C(=O)NCc3ccc4c(c3)OCO4)ccc21. The lowest BCUT2D eigenvalue weighted by molar-refractivity contribution is 0.0951. The third-order valence-electron chi connectivity index (χ3n) is 5.11. The van der Waals surface area contributed by atoms with E-state index in [4.69, 9.17) is 9.47 Å². The third-order valence-corrected chi connectivity index (χ3v) is 5.11. The number of aryl methyl sites for hydroxylation is 2. The Hall–Kier alpha value is -2.95. The molecule has 1 aliphatic rings. The predicted octanol–water partition coefficient (Wildman–Crippen LogP) is 3.94. The molecule has 0 bridgehead atoms. The second-order valence-electron chi connectivity index (χ2n) is 6.56. The van der Waals surface area contributed by atoms with E-state index in [9.17, 15) is 4.79 Å². The van der Waals surface area contributed by atoms with E-state index in [2.05, 4.69) is 30.7 Å². The van der Waals surface area contributed by atoms with Crippen LogP contribution in [0.1, 0.15) is 34.1 Å². The van der Waals surface area contributed by atoms with Crippen LogP contribution in [0.5, 0.6) is 11.5 Å². The topological polar surface area (TPSA) is 52.5 Å². The minimum absolute atomic E-state index is 0.0779. The Bertz CT molecular complexity index is 1000. The average molecular weight is 350 g/mol. The van der Waals surface area contributed by atoms with Gasteiger partial charge in [0.1, 0.15) is 0 Å². The molecule has 1 aromatic heterocycles. The van der Waals surface area contributed by atoms with E-state index in [1.807, 2.05) is 36.4 Å². The standard InChI is InChI=1S/C21H22N2O3/c1-4-23-14(3)13(2)17-10-16(6-7-18(17)23)21(24)22-11-15-5-8-19-20(9-15)26-12-25-19/h5-10H,4,11-12H2,1-3H3,(H,22,24). The number of ether oxygens (including phenoxy) is 2. The molecular weight excluding hydrogens is 328 g/mol. The van der Waals surface area contributed by atoms with Gasteiger partial charge < -0.3 is 19.4 Å². The quantitative estimate of drug-likeness (QED) is 0.775. The number of amides is 1. The van der Waals surface area contributed by atoms with Crippen LogP contribution in [0.2, 0.25) is 0 Å². The zero-order valence-electron chi connectivity index (χ0n) is 15.3. The lowest BCUT2D eigenvalue weighted by atomic mass is 10.1. The molecule has 1 N–H and O–H groups in total. The van der Waals surface area contributed by atoms with E-state index >= 15 is 0 Å². The maximum absolute atomic E-state index is 12.6. The van der Waals surface area contributed by atoms with Gasteiger partial charge in [-0.3, -0.25) is 4.79 Å². The highest BCUT2D eigenvalue weighted by molar-refractivity contribution is 5.99. The Balaban J connectivity index is 1.54. The van der Waals surface area contributed by atoms with Crippen molar-refractivity contribution in [2.45, 2.75) is 33.9 Å². The van der Waals surface area contributed by atoms with Crippen molar-refractivity contribution in [1.82, 2.24) is 9.88 Å². The molecule has 0 saturated heterocycles. The summed E-state index contributed by atoms with van der Waals surface area (Å²) >= 11 is 0. The Labute approximate surface area is 152 Å². The number of nitrogens with one attached hydrogen (secondary N) is 1. The van der Waals surface area contributed by atoms with Gasteiger partial charge in [-0.2, -0.15) is 0 Å². The number of hydrogen-bond donors (Lipinski definition) is 1. The van der Waals surface area contributed by atoms with Crippen molar-refractivity contribution >= 4 is 16.8 Å². The van der Waals surface area contributed by atoms with Crippen LogP contribution < -0.4 is 14.8 Å². The van der Waals surface area contributed by atoms with Crippen LogP contribution in [-0.2, 0) is 13.1 Å². The van der Waals surface area contributed by atoms with Crippen molar-refractivity contribution in [2.24, 2.45) is 0 Å². The highest BCUT2D eigenvalue weighted by Crippen LogP contribution is 2.32. The van der Waals surface area contributed by atoms with Gasteiger partial charge in [-0.05, 0) is 62.2 Å². The highest BCUT2D eigenvalue weighted by Gasteiger charge is 2.15. The van der Waals surface area contributed by atoms with Crippen molar-refractivity contribution in [1.29, 1.82) is 0 Å².